The summed E-state index contributed by atoms with van der Waals surface area (Å²) in [6, 6.07) is 5.96. The first-order valence-electron chi connectivity index (χ1n) is 8.46. The SMILES string of the molecule is C=N/C(=C\N(C)Cc1ccc(F)cc1F)c1cc(-c2n[nH]nc2C(F)(F)F)ccn1. The van der Waals surface area contributed by atoms with Gasteiger partial charge < -0.3 is 4.90 Å². The number of hydrogen-bond acceptors (Lipinski definition) is 5. The number of hydrogen-bond donors (Lipinski definition) is 1. The molecule has 0 spiro atoms. The summed E-state index contributed by atoms with van der Waals surface area (Å²) in [5.74, 6) is -1.39. The maximum atomic E-state index is 13.9. The fourth-order valence-corrected chi connectivity index (χ4v) is 2.71. The van der Waals surface area contributed by atoms with Crippen LogP contribution < -0.4 is 0 Å². The van der Waals surface area contributed by atoms with E-state index in [1.807, 2.05) is 5.21 Å². The number of alkyl halides is 3. The number of aromatic nitrogens is 4. The Hall–Kier alpha value is -3.63. The fraction of sp³-hybridized carbons (Fsp3) is 0.158. The Bertz CT molecular complexity index is 1090. The Morgan fingerprint density at radius 3 is 2.63 bits per heavy atom. The second-order valence-electron chi connectivity index (χ2n) is 6.27. The highest BCUT2D eigenvalue weighted by molar-refractivity contribution is 5.70. The van der Waals surface area contributed by atoms with E-state index in [0.717, 1.165) is 12.1 Å². The molecule has 3 aromatic rings. The number of H-pyrrole nitrogens is 1. The van der Waals surface area contributed by atoms with Crippen molar-refractivity contribution in [3.05, 3.63) is 71.3 Å². The van der Waals surface area contributed by atoms with Crippen LogP contribution in [0.15, 0.2) is 47.7 Å². The van der Waals surface area contributed by atoms with Crippen molar-refractivity contribution in [3.8, 4) is 11.3 Å². The molecule has 0 bridgehead atoms. The number of nitrogens with one attached hydrogen (secondary N) is 1. The second kappa shape index (κ2) is 8.39. The van der Waals surface area contributed by atoms with Gasteiger partial charge >= 0.3 is 6.18 Å². The largest absolute Gasteiger partial charge is 0.437 e. The maximum Gasteiger partial charge on any atom is 0.437 e. The third kappa shape index (κ3) is 4.67. The third-order valence-corrected chi connectivity index (χ3v) is 4.06. The number of aliphatic imine (C=N–C) groups is 1. The molecular weight excluding hydrogens is 407 g/mol. The van der Waals surface area contributed by atoms with Crippen molar-refractivity contribution in [3.63, 3.8) is 0 Å². The lowest BCUT2D eigenvalue weighted by molar-refractivity contribution is -0.140. The molecule has 0 amide bonds. The highest BCUT2D eigenvalue weighted by Crippen LogP contribution is 2.34. The Morgan fingerprint density at radius 2 is 1.97 bits per heavy atom. The summed E-state index contributed by atoms with van der Waals surface area (Å²) in [4.78, 5) is 9.53. The van der Waals surface area contributed by atoms with E-state index in [4.69, 9.17) is 0 Å². The number of nitrogens with zero attached hydrogens (tertiary/aromatic N) is 5. The van der Waals surface area contributed by atoms with Crippen LogP contribution >= 0.6 is 0 Å². The molecule has 0 aliphatic heterocycles. The second-order valence-corrected chi connectivity index (χ2v) is 6.27. The highest BCUT2D eigenvalue weighted by Gasteiger charge is 2.38. The van der Waals surface area contributed by atoms with E-state index in [2.05, 4.69) is 26.9 Å². The summed E-state index contributed by atoms with van der Waals surface area (Å²) in [6.07, 6.45) is -1.88. The minimum Gasteiger partial charge on any atom is -0.374 e. The average Bonchev–Trinajstić information content (AvgIpc) is 3.19. The molecule has 0 aliphatic rings. The molecule has 0 aliphatic carbocycles. The van der Waals surface area contributed by atoms with Gasteiger partial charge in [-0.15, -0.1) is 0 Å². The first-order chi connectivity index (χ1) is 14.2. The zero-order valence-corrected chi connectivity index (χ0v) is 15.6. The van der Waals surface area contributed by atoms with Gasteiger partial charge in [0.25, 0.3) is 0 Å². The van der Waals surface area contributed by atoms with E-state index < -0.39 is 23.5 Å². The van der Waals surface area contributed by atoms with Crippen molar-refractivity contribution in [1.29, 1.82) is 0 Å². The van der Waals surface area contributed by atoms with Gasteiger partial charge in [-0.25, -0.2) is 8.78 Å². The predicted octanol–water partition coefficient (Wildman–Crippen LogP) is 4.29. The first-order valence-corrected chi connectivity index (χ1v) is 8.46. The number of halogens is 5. The molecule has 0 radical (unpaired) electrons. The highest BCUT2D eigenvalue weighted by atomic mass is 19.4. The smallest absolute Gasteiger partial charge is 0.374 e. The molecule has 1 aromatic carbocycles. The molecule has 11 heteroatoms. The quantitative estimate of drug-likeness (QED) is 0.475. The minimum absolute atomic E-state index is 0.0896. The zero-order chi connectivity index (χ0) is 21.9. The van der Waals surface area contributed by atoms with E-state index in [-0.39, 0.29) is 34.8 Å². The van der Waals surface area contributed by atoms with Gasteiger partial charge in [-0.2, -0.15) is 28.6 Å². The summed E-state index contributed by atoms with van der Waals surface area (Å²) in [5, 5.41) is 8.72. The van der Waals surface area contributed by atoms with Crippen LogP contribution in [0.25, 0.3) is 17.0 Å². The molecule has 156 valence electrons. The summed E-state index contributed by atoms with van der Waals surface area (Å²) in [6.45, 7) is 3.54. The molecule has 1 N–H and O–H groups in total. The van der Waals surface area contributed by atoms with Crippen LogP contribution in [0.5, 0.6) is 0 Å². The summed E-state index contributed by atoms with van der Waals surface area (Å²) < 4.78 is 66.2. The van der Waals surface area contributed by atoms with Crippen molar-refractivity contribution in [2.24, 2.45) is 4.99 Å². The number of pyridine rings is 1. The Morgan fingerprint density at radius 1 is 1.20 bits per heavy atom. The predicted molar refractivity (Wildman–Crippen MR) is 100.0 cm³/mol. The molecule has 0 atom stereocenters. The molecule has 3 rings (SSSR count). The van der Waals surface area contributed by atoms with Gasteiger partial charge in [0.2, 0.25) is 0 Å². The Labute approximate surface area is 167 Å². The topological polar surface area (TPSA) is 70.1 Å². The first kappa shape index (κ1) is 21.1. The van der Waals surface area contributed by atoms with Gasteiger partial charge in [0.05, 0.1) is 5.69 Å². The summed E-state index contributed by atoms with van der Waals surface area (Å²) >= 11 is 0. The average molecular weight is 422 g/mol. The van der Waals surface area contributed by atoms with Crippen LogP contribution in [0.4, 0.5) is 22.0 Å². The van der Waals surface area contributed by atoms with Crippen LogP contribution in [-0.2, 0) is 12.7 Å². The van der Waals surface area contributed by atoms with Crippen molar-refractivity contribution in [2.75, 3.05) is 7.05 Å². The molecule has 6 nitrogen and oxygen atoms in total. The standard InChI is InChI=1S/C19H15F5N6/c1-25-16(10-30(2)9-12-3-4-13(20)8-14(12)21)15-7-11(5-6-26-15)17-18(19(22,23)24)28-29-27-17/h3-8,10H,1,9H2,2H3,(H,27,28,29)/b16-10-. The lowest BCUT2D eigenvalue weighted by Crippen LogP contribution is -2.12. The van der Waals surface area contributed by atoms with Crippen molar-refractivity contribution < 1.29 is 22.0 Å². The van der Waals surface area contributed by atoms with Crippen molar-refractivity contribution >= 4 is 12.4 Å². The normalized spacial score (nSPS) is 12.1. The molecule has 0 unspecified atom stereocenters. The van der Waals surface area contributed by atoms with Gasteiger partial charge in [-0.3, -0.25) is 9.98 Å². The van der Waals surface area contributed by atoms with Gasteiger partial charge in [-0.05, 0) is 24.9 Å². The Kier molecular flexibility index (Phi) is 5.90. The summed E-state index contributed by atoms with van der Waals surface area (Å²) in [5.41, 5.74) is -0.693. The van der Waals surface area contributed by atoms with Crippen LogP contribution in [0.2, 0.25) is 0 Å². The van der Waals surface area contributed by atoms with Gasteiger partial charge in [0.15, 0.2) is 5.69 Å². The fourth-order valence-electron chi connectivity index (χ4n) is 2.71. The van der Waals surface area contributed by atoms with Crippen LogP contribution in [0.1, 0.15) is 17.0 Å². The van der Waals surface area contributed by atoms with Gasteiger partial charge in [0.1, 0.15) is 23.0 Å². The van der Waals surface area contributed by atoms with E-state index in [1.165, 1.54) is 30.6 Å². The molecule has 2 aromatic heterocycles. The number of benzene rings is 1. The molecule has 0 fully saturated rings. The van der Waals surface area contributed by atoms with E-state index in [1.54, 1.807) is 11.9 Å². The zero-order valence-electron chi connectivity index (χ0n) is 15.6. The Balaban J connectivity index is 1.89. The maximum absolute atomic E-state index is 13.9. The van der Waals surface area contributed by atoms with Crippen molar-refractivity contribution in [1.82, 2.24) is 25.3 Å². The van der Waals surface area contributed by atoms with E-state index in [0.29, 0.717) is 0 Å². The van der Waals surface area contributed by atoms with E-state index >= 15 is 0 Å². The monoisotopic (exact) mass is 422 g/mol. The van der Waals surface area contributed by atoms with Crippen LogP contribution in [0, 0.1) is 11.6 Å². The molecular formula is C19H15F5N6. The van der Waals surface area contributed by atoms with E-state index in [9.17, 15) is 22.0 Å². The molecule has 2 heterocycles. The molecule has 30 heavy (non-hydrogen) atoms. The molecule has 0 saturated carbocycles. The van der Waals surface area contributed by atoms with Gasteiger partial charge in [-0.1, -0.05) is 6.07 Å². The molecule has 0 saturated heterocycles. The minimum atomic E-state index is -4.68. The van der Waals surface area contributed by atoms with Crippen LogP contribution in [0.3, 0.4) is 0 Å². The lowest BCUT2D eigenvalue weighted by atomic mass is 10.1. The van der Waals surface area contributed by atoms with Crippen LogP contribution in [-0.4, -0.2) is 39.1 Å². The number of rotatable bonds is 6. The number of aromatic amines is 1. The summed E-state index contributed by atoms with van der Waals surface area (Å²) in [7, 11) is 1.62. The van der Waals surface area contributed by atoms with Gasteiger partial charge in [0, 0.05) is 43.2 Å². The third-order valence-electron chi connectivity index (χ3n) is 4.06. The lowest BCUT2D eigenvalue weighted by Gasteiger charge is -2.16. The van der Waals surface area contributed by atoms with Crippen molar-refractivity contribution in [2.45, 2.75) is 12.7 Å².